The third-order valence-corrected chi connectivity index (χ3v) is 3.43. The summed E-state index contributed by atoms with van der Waals surface area (Å²) < 4.78 is 13.5. The lowest BCUT2D eigenvalue weighted by atomic mass is 10.0. The molecule has 0 amide bonds. The first-order chi connectivity index (χ1) is 9.06. The summed E-state index contributed by atoms with van der Waals surface area (Å²) in [6.45, 7) is 1.96. The topological polar surface area (TPSA) is 20.2 Å². The van der Waals surface area contributed by atoms with E-state index in [2.05, 4.69) is 0 Å². The van der Waals surface area contributed by atoms with Gasteiger partial charge in [0.25, 0.3) is 0 Å². The third kappa shape index (κ3) is 3.79. The second-order valence-corrected chi connectivity index (χ2v) is 5.16. The van der Waals surface area contributed by atoms with Crippen molar-refractivity contribution in [3.63, 3.8) is 0 Å². The van der Waals surface area contributed by atoms with Gasteiger partial charge in [0, 0.05) is 17.9 Å². The zero-order valence-electron chi connectivity index (χ0n) is 10.7. The second-order valence-electron chi connectivity index (χ2n) is 4.75. The first-order valence-corrected chi connectivity index (χ1v) is 6.60. The van der Waals surface area contributed by atoms with Crippen LogP contribution in [0.4, 0.5) is 4.39 Å². The minimum absolute atomic E-state index is 0.281. The van der Waals surface area contributed by atoms with Crippen molar-refractivity contribution in [1.82, 2.24) is 0 Å². The molecule has 1 nitrogen and oxygen atoms in total. The molecule has 0 aromatic heterocycles. The molecule has 0 aliphatic heterocycles. The van der Waals surface area contributed by atoms with Crippen molar-refractivity contribution in [3.8, 4) is 0 Å². The van der Waals surface area contributed by atoms with E-state index < -0.39 is 6.10 Å². The summed E-state index contributed by atoms with van der Waals surface area (Å²) in [5.74, 6) is -0.281. The Morgan fingerprint density at radius 1 is 1.11 bits per heavy atom. The largest absolute Gasteiger partial charge is 0.392 e. The van der Waals surface area contributed by atoms with E-state index in [1.807, 2.05) is 25.1 Å². The van der Waals surface area contributed by atoms with Gasteiger partial charge in [-0.2, -0.15) is 0 Å². The van der Waals surface area contributed by atoms with Gasteiger partial charge in [-0.15, -0.1) is 0 Å². The molecule has 0 aliphatic rings. The van der Waals surface area contributed by atoms with Gasteiger partial charge in [0.2, 0.25) is 0 Å². The van der Waals surface area contributed by atoms with Crippen molar-refractivity contribution in [3.05, 3.63) is 70.0 Å². The van der Waals surface area contributed by atoms with Crippen LogP contribution >= 0.6 is 11.6 Å². The molecule has 1 atom stereocenters. The molecule has 0 aliphatic carbocycles. The van der Waals surface area contributed by atoms with Crippen molar-refractivity contribution in [1.29, 1.82) is 0 Å². The van der Waals surface area contributed by atoms with Crippen LogP contribution in [0.25, 0.3) is 0 Å². The van der Waals surface area contributed by atoms with E-state index in [1.165, 1.54) is 6.07 Å². The average Bonchev–Trinajstić information content (AvgIpc) is 2.36. The normalized spacial score (nSPS) is 12.4. The summed E-state index contributed by atoms with van der Waals surface area (Å²) in [4.78, 5) is 0. The molecule has 0 saturated carbocycles. The summed E-state index contributed by atoms with van der Waals surface area (Å²) in [6, 6.07) is 12.2. The quantitative estimate of drug-likeness (QED) is 0.898. The van der Waals surface area contributed by atoms with Gasteiger partial charge in [0.15, 0.2) is 0 Å². The van der Waals surface area contributed by atoms with E-state index in [-0.39, 0.29) is 12.2 Å². The highest BCUT2D eigenvalue weighted by Gasteiger charge is 2.11. The van der Waals surface area contributed by atoms with Crippen LogP contribution in [0.5, 0.6) is 0 Å². The van der Waals surface area contributed by atoms with Gasteiger partial charge in [0.1, 0.15) is 5.82 Å². The first-order valence-electron chi connectivity index (χ1n) is 6.23. The Kier molecular flexibility index (Phi) is 4.56. The first kappa shape index (κ1) is 14.0. The molecule has 2 aromatic rings. The molecule has 2 aromatic carbocycles. The van der Waals surface area contributed by atoms with Crippen molar-refractivity contribution < 1.29 is 9.50 Å². The summed E-state index contributed by atoms with van der Waals surface area (Å²) in [6.07, 6.45) is 0.0711. The number of hydrogen-bond acceptors (Lipinski definition) is 1. The number of benzene rings is 2. The second kappa shape index (κ2) is 6.18. The highest BCUT2D eigenvalue weighted by Crippen LogP contribution is 2.20. The van der Waals surface area contributed by atoms with Crippen LogP contribution < -0.4 is 0 Å². The van der Waals surface area contributed by atoms with Crippen LogP contribution in [0, 0.1) is 12.7 Å². The fraction of sp³-hybridized carbons (Fsp3) is 0.250. The molecule has 0 heterocycles. The minimum atomic E-state index is -0.642. The van der Waals surface area contributed by atoms with E-state index in [0.29, 0.717) is 17.0 Å². The predicted octanol–water partition coefficient (Wildman–Crippen LogP) is 3.93. The molecule has 1 N–H and O–H groups in total. The molecule has 3 heteroatoms. The Hall–Kier alpha value is -1.38. The van der Waals surface area contributed by atoms with Gasteiger partial charge in [-0.25, -0.2) is 4.39 Å². The van der Waals surface area contributed by atoms with Crippen LogP contribution in [0.3, 0.4) is 0 Å². The van der Waals surface area contributed by atoms with Gasteiger partial charge in [0.05, 0.1) is 6.10 Å². The molecular formula is C16H16ClFO. The molecule has 1 unspecified atom stereocenters. The predicted molar refractivity (Wildman–Crippen MR) is 76.0 cm³/mol. The Bertz CT molecular complexity index is 568. The van der Waals surface area contributed by atoms with Crippen LogP contribution in [0.15, 0.2) is 42.5 Å². The lowest BCUT2D eigenvalue weighted by Gasteiger charge is -2.13. The molecule has 0 spiro atoms. The number of aryl methyl sites for hydroxylation is 1. The zero-order valence-corrected chi connectivity index (χ0v) is 11.5. The van der Waals surface area contributed by atoms with Crippen molar-refractivity contribution in [2.45, 2.75) is 25.9 Å². The summed E-state index contributed by atoms with van der Waals surface area (Å²) in [5, 5.41) is 10.7. The number of aliphatic hydroxyl groups excluding tert-OH is 1. The van der Waals surface area contributed by atoms with Gasteiger partial charge < -0.3 is 5.11 Å². The van der Waals surface area contributed by atoms with Gasteiger partial charge >= 0.3 is 0 Å². The number of halogens is 2. The molecule has 19 heavy (non-hydrogen) atoms. The molecule has 100 valence electrons. The Labute approximate surface area is 117 Å². The maximum atomic E-state index is 13.5. The van der Waals surface area contributed by atoms with Gasteiger partial charge in [-0.1, -0.05) is 41.9 Å². The van der Waals surface area contributed by atoms with Crippen molar-refractivity contribution in [2.75, 3.05) is 0 Å². The number of rotatable bonds is 4. The monoisotopic (exact) mass is 278 g/mol. The fourth-order valence-corrected chi connectivity index (χ4v) is 2.37. The number of hydrogen-bond donors (Lipinski definition) is 1. The fourth-order valence-electron chi connectivity index (χ4n) is 2.06. The Morgan fingerprint density at radius 3 is 2.47 bits per heavy atom. The standard InChI is InChI=1S/C16H16ClFO/c1-11-6-7-12(15(17)8-11)9-14(19)10-13-4-2-3-5-16(13)18/h2-8,14,19H,9-10H2,1H3. The van der Waals surface area contributed by atoms with E-state index in [0.717, 1.165) is 11.1 Å². The summed E-state index contributed by atoms with van der Waals surface area (Å²) in [5.41, 5.74) is 2.49. The maximum Gasteiger partial charge on any atom is 0.126 e. The smallest absolute Gasteiger partial charge is 0.126 e. The minimum Gasteiger partial charge on any atom is -0.392 e. The van der Waals surface area contributed by atoms with Crippen LogP contribution in [-0.4, -0.2) is 11.2 Å². The Morgan fingerprint density at radius 2 is 1.79 bits per heavy atom. The Balaban J connectivity index is 2.05. The third-order valence-electron chi connectivity index (χ3n) is 3.08. The summed E-state index contributed by atoms with van der Waals surface area (Å²) >= 11 is 6.12. The van der Waals surface area contributed by atoms with Gasteiger partial charge in [-0.05, 0) is 35.7 Å². The van der Waals surface area contributed by atoms with Crippen molar-refractivity contribution >= 4 is 11.6 Å². The zero-order chi connectivity index (χ0) is 13.8. The van der Waals surface area contributed by atoms with Crippen LogP contribution in [0.1, 0.15) is 16.7 Å². The van der Waals surface area contributed by atoms with Gasteiger partial charge in [-0.3, -0.25) is 0 Å². The molecule has 0 fully saturated rings. The lowest BCUT2D eigenvalue weighted by molar-refractivity contribution is 0.174. The highest BCUT2D eigenvalue weighted by molar-refractivity contribution is 6.31. The van der Waals surface area contributed by atoms with E-state index >= 15 is 0 Å². The van der Waals surface area contributed by atoms with Crippen molar-refractivity contribution in [2.24, 2.45) is 0 Å². The SMILES string of the molecule is Cc1ccc(CC(O)Cc2ccccc2F)c(Cl)c1. The molecule has 2 rings (SSSR count). The summed E-state index contributed by atoms with van der Waals surface area (Å²) in [7, 11) is 0. The number of aliphatic hydroxyl groups is 1. The molecule has 0 bridgehead atoms. The molecule has 0 saturated heterocycles. The van der Waals surface area contributed by atoms with E-state index in [1.54, 1.807) is 18.2 Å². The lowest BCUT2D eigenvalue weighted by Crippen LogP contribution is -2.15. The van der Waals surface area contributed by atoms with E-state index in [9.17, 15) is 9.50 Å². The van der Waals surface area contributed by atoms with Crippen LogP contribution in [-0.2, 0) is 12.8 Å². The van der Waals surface area contributed by atoms with Crippen LogP contribution in [0.2, 0.25) is 5.02 Å². The highest BCUT2D eigenvalue weighted by atomic mass is 35.5. The maximum absolute atomic E-state index is 13.5. The molecular weight excluding hydrogens is 263 g/mol. The average molecular weight is 279 g/mol. The van der Waals surface area contributed by atoms with E-state index in [4.69, 9.17) is 11.6 Å². The molecule has 0 radical (unpaired) electrons.